The topological polar surface area (TPSA) is 64.3 Å². The van der Waals surface area contributed by atoms with Crippen LogP contribution in [-0.2, 0) is 15.7 Å². The third kappa shape index (κ3) is 4.87. The number of alkyl halides is 3. The molecule has 0 saturated heterocycles. The van der Waals surface area contributed by atoms with Crippen LogP contribution in [0.4, 0.5) is 18.9 Å². The number of hydrogen-bond acceptors (Lipinski definition) is 4. The van der Waals surface area contributed by atoms with Crippen molar-refractivity contribution < 1.29 is 22.7 Å². The Hall–Kier alpha value is -1.76. The van der Waals surface area contributed by atoms with E-state index in [4.69, 9.17) is 5.73 Å². The standard InChI is InChI=1S/C13H15F3N2.C4H8O2/c14-13(15,16)8-3-4-11-9(5-8)10(17)6-12(18-11)7-1-2-7;1-4(2)6-3-5/h3-5,7,10,12,18H,1-2,6,17H2;3-4H,1-2H3. The van der Waals surface area contributed by atoms with Crippen LogP contribution in [0.2, 0.25) is 0 Å². The van der Waals surface area contributed by atoms with E-state index >= 15 is 0 Å². The molecule has 24 heavy (non-hydrogen) atoms. The quantitative estimate of drug-likeness (QED) is 0.817. The van der Waals surface area contributed by atoms with E-state index in [2.05, 4.69) is 10.1 Å². The summed E-state index contributed by atoms with van der Waals surface area (Å²) in [5.74, 6) is 0.645. The maximum Gasteiger partial charge on any atom is 0.416 e. The van der Waals surface area contributed by atoms with Gasteiger partial charge < -0.3 is 15.8 Å². The maximum atomic E-state index is 12.6. The number of nitrogens with one attached hydrogen (secondary N) is 1. The number of ether oxygens (including phenoxy) is 1. The molecule has 134 valence electrons. The second-order valence-corrected chi connectivity index (χ2v) is 6.51. The van der Waals surface area contributed by atoms with Gasteiger partial charge in [0.15, 0.2) is 0 Å². The van der Waals surface area contributed by atoms with Crippen LogP contribution in [0.15, 0.2) is 18.2 Å². The smallest absolute Gasteiger partial charge is 0.416 e. The molecule has 7 heteroatoms. The molecule has 1 heterocycles. The minimum absolute atomic E-state index is 0.0301. The lowest BCUT2D eigenvalue weighted by molar-refractivity contribution is -0.137. The third-order valence-electron chi connectivity index (χ3n) is 4.15. The van der Waals surface area contributed by atoms with Gasteiger partial charge in [-0.05, 0) is 62.8 Å². The van der Waals surface area contributed by atoms with Crippen LogP contribution in [0, 0.1) is 5.92 Å². The zero-order chi connectivity index (χ0) is 17.9. The average molecular weight is 344 g/mol. The number of hydrogen-bond donors (Lipinski definition) is 2. The monoisotopic (exact) mass is 344 g/mol. The summed E-state index contributed by atoms with van der Waals surface area (Å²) >= 11 is 0. The molecule has 2 aliphatic rings. The minimum atomic E-state index is -4.30. The van der Waals surface area contributed by atoms with Gasteiger partial charge in [0.25, 0.3) is 6.47 Å². The van der Waals surface area contributed by atoms with Crippen LogP contribution < -0.4 is 11.1 Å². The van der Waals surface area contributed by atoms with Gasteiger partial charge >= 0.3 is 6.18 Å². The van der Waals surface area contributed by atoms with E-state index in [1.165, 1.54) is 25.0 Å². The first-order chi connectivity index (χ1) is 11.2. The summed E-state index contributed by atoms with van der Waals surface area (Å²) in [6.07, 6.45) is -1.16. The molecule has 0 bridgehead atoms. The predicted molar refractivity (Wildman–Crippen MR) is 85.4 cm³/mol. The van der Waals surface area contributed by atoms with Crippen molar-refractivity contribution in [3.05, 3.63) is 29.3 Å². The normalized spacial score (nSPS) is 22.8. The summed E-state index contributed by atoms with van der Waals surface area (Å²) in [6, 6.07) is 3.83. The molecule has 1 aliphatic heterocycles. The van der Waals surface area contributed by atoms with Gasteiger partial charge in [-0.2, -0.15) is 13.2 Å². The number of nitrogens with two attached hydrogens (primary N) is 1. The van der Waals surface area contributed by atoms with E-state index in [9.17, 15) is 18.0 Å². The number of rotatable bonds is 3. The van der Waals surface area contributed by atoms with Gasteiger partial charge in [-0.1, -0.05) is 0 Å². The number of halogens is 3. The molecule has 3 rings (SSSR count). The van der Waals surface area contributed by atoms with Crippen LogP contribution in [0.25, 0.3) is 0 Å². The van der Waals surface area contributed by atoms with E-state index in [0.717, 1.165) is 18.2 Å². The van der Waals surface area contributed by atoms with Crippen molar-refractivity contribution in [1.82, 2.24) is 0 Å². The fourth-order valence-electron chi connectivity index (χ4n) is 2.76. The Labute approximate surface area is 139 Å². The Bertz CT molecular complexity index is 571. The van der Waals surface area contributed by atoms with Gasteiger partial charge in [-0.3, -0.25) is 4.79 Å². The summed E-state index contributed by atoms with van der Waals surface area (Å²) in [5.41, 5.74) is 6.73. The zero-order valence-electron chi connectivity index (χ0n) is 13.8. The molecule has 0 amide bonds. The zero-order valence-corrected chi connectivity index (χ0v) is 13.8. The van der Waals surface area contributed by atoms with Crippen molar-refractivity contribution in [2.75, 3.05) is 5.32 Å². The number of fused-ring (bicyclic) bond motifs is 1. The second-order valence-electron chi connectivity index (χ2n) is 6.51. The average Bonchev–Trinajstić information content (AvgIpc) is 3.31. The Morgan fingerprint density at radius 1 is 1.33 bits per heavy atom. The highest BCUT2D eigenvalue weighted by molar-refractivity contribution is 5.57. The van der Waals surface area contributed by atoms with Gasteiger partial charge in [0.1, 0.15) is 0 Å². The fourth-order valence-corrected chi connectivity index (χ4v) is 2.76. The van der Waals surface area contributed by atoms with Crippen LogP contribution >= 0.6 is 0 Å². The van der Waals surface area contributed by atoms with Crippen molar-refractivity contribution in [2.24, 2.45) is 11.7 Å². The summed E-state index contributed by atoms with van der Waals surface area (Å²) < 4.78 is 42.3. The Morgan fingerprint density at radius 2 is 2.00 bits per heavy atom. The van der Waals surface area contributed by atoms with Gasteiger partial charge in [0, 0.05) is 17.8 Å². The van der Waals surface area contributed by atoms with Crippen LogP contribution in [0.1, 0.15) is 50.3 Å². The lowest BCUT2D eigenvalue weighted by Crippen LogP contribution is -2.33. The van der Waals surface area contributed by atoms with E-state index in [0.29, 0.717) is 24.0 Å². The highest BCUT2D eigenvalue weighted by atomic mass is 19.4. The lowest BCUT2D eigenvalue weighted by Gasteiger charge is -2.32. The number of carbonyl (C=O) groups excluding carboxylic acids is 1. The third-order valence-corrected chi connectivity index (χ3v) is 4.15. The SMILES string of the molecule is CC(C)OC=O.NC1CC(C2CC2)Nc2ccc(C(F)(F)F)cc21. The first-order valence-electron chi connectivity index (χ1n) is 8.04. The van der Waals surface area contributed by atoms with Gasteiger partial charge in [-0.25, -0.2) is 0 Å². The number of anilines is 1. The van der Waals surface area contributed by atoms with Crippen molar-refractivity contribution in [3.8, 4) is 0 Å². The fraction of sp³-hybridized carbons (Fsp3) is 0.588. The summed E-state index contributed by atoms with van der Waals surface area (Å²) in [4.78, 5) is 9.39. The Kier molecular flexibility index (Phi) is 5.74. The molecule has 2 atom stereocenters. The van der Waals surface area contributed by atoms with Crippen molar-refractivity contribution in [2.45, 2.75) is 57.5 Å². The molecular weight excluding hydrogens is 321 g/mol. The van der Waals surface area contributed by atoms with E-state index < -0.39 is 11.7 Å². The second kappa shape index (κ2) is 7.42. The molecule has 1 saturated carbocycles. The number of carbonyl (C=O) groups is 1. The highest BCUT2D eigenvalue weighted by Crippen LogP contribution is 2.43. The van der Waals surface area contributed by atoms with Crippen LogP contribution in [0.5, 0.6) is 0 Å². The van der Waals surface area contributed by atoms with Gasteiger partial charge in [0.2, 0.25) is 0 Å². The van der Waals surface area contributed by atoms with Gasteiger partial charge in [0.05, 0.1) is 11.7 Å². The molecule has 1 aromatic rings. The molecule has 1 aromatic carbocycles. The molecule has 1 aliphatic carbocycles. The van der Waals surface area contributed by atoms with Crippen molar-refractivity contribution >= 4 is 12.2 Å². The molecule has 0 radical (unpaired) electrons. The molecule has 4 nitrogen and oxygen atoms in total. The maximum absolute atomic E-state index is 12.6. The largest absolute Gasteiger partial charge is 0.465 e. The first kappa shape index (κ1) is 18.6. The van der Waals surface area contributed by atoms with E-state index in [1.54, 1.807) is 13.8 Å². The summed E-state index contributed by atoms with van der Waals surface area (Å²) in [5, 5.41) is 3.32. The summed E-state index contributed by atoms with van der Waals surface area (Å²) in [7, 11) is 0. The first-order valence-corrected chi connectivity index (χ1v) is 8.04. The van der Waals surface area contributed by atoms with Crippen molar-refractivity contribution in [3.63, 3.8) is 0 Å². The van der Waals surface area contributed by atoms with Gasteiger partial charge in [-0.15, -0.1) is 0 Å². The van der Waals surface area contributed by atoms with E-state index in [1.807, 2.05) is 0 Å². The molecule has 2 unspecified atom stereocenters. The summed E-state index contributed by atoms with van der Waals surface area (Å²) in [6.45, 7) is 4.05. The minimum Gasteiger partial charge on any atom is -0.465 e. The predicted octanol–water partition coefficient (Wildman–Crippen LogP) is 3.87. The highest BCUT2D eigenvalue weighted by Gasteiger charge is 2.37. The Balaban J connectivity index is 0.000000301. The van der Waals surface area contributed by atoms with Crippen LogP contribution in [0.3, 0.4) is 0 Å². The lowest BCUT2D eigenvalue weighted by atomic mass is 9.90. The molecule has 3 N–H and O–H groups in total. The molecule has 1 fully saturated rings. The molecule has 0 spiro atoms. The van der Waals surface area contributed by atoms with Crippen LogP contribution in [-0.4, -0.2) is 18.6 Å². The van der Waals surface area contributed by atoms with E-state index in [-0.39, 0.29) is 12.1 Å². The molecular formula is C17H23F3N2O2. The molecule has 0 aromatic heterocycles. The van der Waals surface area contributed by atoms with Crippen molar-refractivity contribution in [1.29, 1.82) is 0 Å². The Morgan fingerprint density at radius 3 is 2.46 bits per heavy atom. The number of benzene rings is 1.